The molecule has 0 nitrogen and oxygen atoms in total. The smallest absolute Gasteiger partial charge is 0.0713 e. The molecule has 1 aromatic rings. The van der Waals surface area contributed by atoms with Gasteiger partial charge in [-0.3, -0.25) is 0 Å². The van der Waals surface area contributed by atoms with Crippen molar-refractivity contribution in [2.24, 2.45) is 0 Å². The van der Waals surface area contributed by atoms with Crippen molar-refractivity contribution in [1.29, 1.82) is 0 Å². The van der Waals surface area contributed by atoms with E-state index in [1.807, 2.05) is 0 Å². The highest BCUT2D eigenvalue weighted by molar-refractivity contribution is 6.87. The zero-order valence-electron chi connectivity index (χ0n) is 16.4. The Labute approximate surface area is 151 Å². The van der Waals surface area contributed by atoms with Crippen LogP contribution in [0.5, 0.6) is 0 Å². The van der Waals surface area contributed by atoms with Gasteiger partial charge in [0, 0.05) is 5.56 Å². The molecule has 1 aromatic carbocycles. The van der Waals surface area contributed by atoms with Gasteiger partial charge >= 0.3 is 0 Å². The van der Waals surface area contributed by atoms with E-state index in [4.69, 9.17) is 0 Å². The van der Waals surface area contributed by atoms with Crippen molar-refractivity contribution >= 4 is 6.15 Å². The minimum Gasteiger partial charge on any atom is -0.309 e. The second-order valence-electron chi connectivity index (χ2n) is 7.60. The minimum absolute atomic E-state index is 0.518. The summed E-state index contributed by atoms with van der Waals surface area (Å²) in [6.07, 6.45) is 15.6. The molecule has 0 N–H and O–H groups in total. The van der Waals surface area contributed by atoms with Crippen LogP contribution < -0.4 is 0 Å². The molecule has 0 saturated carbocycles. The molecule has 0 saturated heterocycles. The molecule has 0 aliphatic carbocycles. The highest BCUT2D eigenvalue weighted by Gasteiger charge is 2.21. The van der Waals surface area contributed by atoms with Crippen LogP contribution in [0.4, 0.5) is 0 Å². The van der Waals surface area contributed by atoms with Crippen molar-refractivity contribution in [3.8, 4) is 11.7 Å². The van der Waals surface area contributed by atoms with Gasteiger partial charge in [0.15, 0.2) is 0 Å². The summed E-state index contributed by atoms with van der Waals surface area (Å²) >= 11 is 0. The zero-order chi connectivity index (χ0) is 17.5. The average Bonchev–Trinajstić information content (AvgIpc) is 2.61. The second kappa shape index (κ2) is 13.2. The number of unbranched alkanes of at least 4 members (excludes halogenated alkanes) is 6. The van der Waals surface area contributed by atoms with Gasteiger partial charge in [-0.25, -0.2) is 0 Å². The van der Waals surface area contributed by atoms with Gasteiger partial charge in [0.2, 0.25) is 0 Å². The molecule has 0 radical (unpaired) electrons. The van der Waals surface area contributed by atoms with E-state index in [2.05, 4.69) is 62.8 Å². The van der Waals surface area contributed by atoms with E-state index in [0.29, 0.717) is 0 Å². The monoisotopic (exact) mass is 325 g/mol. The molecule has 0 aliphatic rings. The van der Waals surface area contributed by atoms with E-state index in [1.165, 1.54) is 82.3 Å². The SMILES string of the molecule is CCCCC[B-](C#Cc1ccccc1)(CCCCC)CCCCC. The molecular formula is C23H38B-. The van der Waals surface area contributed by atoms with Crippen LogP contribution in [0, 0.1) is 11.7 Å². The summed E-state index contributed by atoms with van der Waals surface area (Å²) in [5.41, 5.74) is 1.19. The lowest BCUT2D eigenvalue weighted by atomic mass is 9.19. The van der Waals surface area contributed by atoms with E-state index < -0.39 is 6.15 Å². The lowest BCUT2D eigenvalue weighted by Gasteiger charge is -2.35. The quantitative estimate of drug-likeness (QED) is 0.211. The van der Waals surface area contributed by atoms with Gasteiger partial charge in [-0.1, -0.05) is 96.8 Å². The Bertz CT molecular complexity index is 439. The molecule has 0 unspecified atom stereocenters. The van der Waals surface area contributed by atoms with Gasteiger partial charge in [-0.05, 0) is 12.1 Å². The van der Waals surface area contributed by atoms with Gasteiger partial charge in [-0.15, -0.1) is 5.92 Å². The standard InChI is InChI=1S/C23H38B/c1-4-7-13-19-24(20-14-8-5-2,21-15-9-6-3)22-18-23-16-11-10-12-17-23/h10-12,16-17H,4-9,13-15,19-21H2,1-3H3/q-1. The number of hydrogen-bond acceptors (Lipinski definition) is 0. The molecule has 0 amide bonds. The van der Waals surface area contributed by atoms with E-state index in [9.17, 15) is 0 Å². The van der Waals surface area contributed by atoms with E-state index >= 15 is 0 Å². The van der Waals surface area contributed by atoms with E-state index in [1.54, 1.807) is 0 Å². The summed E-state index contributed by atoms with van der Waals surface area (Å²) in [5, 5.41) is 0. The first kappa shape index (κ1) is 20.9. The predicted octanol–water partition coefficient (Wildman–Crippen LogP) is 7.60. The van der Waals surface area contributed by atoms with E-state index in [0.717, 1.165) is 0 Å². The summed E-state index contributed by atoms with van der Waals surface area (Å²) in [6, 6.07) is 10.6. The van der Waals surface area contributed by atoms with Crippen LogP contribution in [0.25, 0.3) is 0 Å². The summed E-state index contributed by atoms with van der Waals surface area (Å²) in [5.74, 6) is 7.38. The lowest BCUT2D eigenvalue weighted by molar-refractivity contribution is 0.720. The second-order valence-corrected chi connectivity index (χ2v) is 7.60. The highest BCUT2D eigenvalue weighted by Crippen LogP contribution is 2.29. The molecule has 0 aliphatic heterocycles. The zero-order valence-corrected chi connectivity index (χ0v) is 16.4. The van der Waals surface area contributed by atoms with Crippen molar-refractivity contribution in [1.82, 2.24) is 0 Å². The van der Waals surface area contributed by atoms with Crippen molar-refractivity contribution in [3.63, 3.8) is 0 Å². The fraction of sp³-hybridized carbons (Fsp3) is 0.652. The van der Waals surface area contributed by atoms with Gasteiger partial charge in [-0.2, -0.15) is 19.0 Å². The maximum atomic E-state index is 3.84. The Hall–Kier alpha value is -1.16. The molecule has 0 aromatic heterocycles. The molecule has 1 rings (SSSR count). The summed E-state index contributed by atoms with van der Waals surface area (Å²) in [6.45, 7) is 6.91. The molecule has 0 spiro atoms. The van der Waals surface area contributed by atoms with Gasteiger partial charge in [0.25, 0.3) is 0 Å². The van der Waals surface area contributed by atoms with Gasteiger partial charge in [0.1, 0.15) is 0 Å². The first-order chi connectivity index (χ1) is 11.8. The Morgan fingerprint density at radius 2 is 1.12 bits per heavy atom. The number of hydrogen-bond donors (Lipinski definition) is 0. The topological polar surface area (TPSA) is 0 Å². The van der Waals surface area contributed by atoms with Gasteiger partial charge in [0.05, 0.1) is 6.15 Å². The van der Waals surface area contributed by atoms with Crippen molar-refractivity contribution in [2.45, 2.75) is 97.5 Å². The molecule has 134 valence electrons. The fourth-order valence-corrected chi connectivity index (χ4v) is 3.76. The first-order valence-corrected chi connectivity index (χ1v) is 10.5. The molecule has 24 heavy (non-hydrogen) atoms. The molecule has 0 heterocycles. The summed E-state index contributed by atoms with van der Waals surface area (Å²) in [7, 11) is 0. The summed E-state index contributed by atoms with van der Waals surface area (Å²) in [4.78, 5) is 0. The molecule has 0 atom stereocenters. The van der Waals surface area contributed by atoms with Crippen molar-refractivity contribution < 1.29 is 0 Å². The van der Waals surface area contributed by atoms with E-state index in [-0.39, 0.29) is 0 Å². The molecular weight excluding hydrogens is 287 g/mol. The van der Waals surface area contributed by atoms with Crippen LogP contribution in [0.2, 0.25) is 19.0 Å². The maximum Gasteiger partial charge on any atom is 0.0713 e. The first-order valence-electron chi connectivity index (χ1n) is 10.5. The third-order valence-electron chi connectivity index (χ3n) is 5.38. The van der Waals surface area contributed by atoms with Crippen LogP contribution in [0.15, 0.2) is 30.3 Å². The van der Waals surface area contributed by atoms with Crippen molar-refractivity contribution in [2.75, 3.05) is 0 Å². The third-order valence-corrected chi connectivity index (χ3v) is 5.38. The third kappa shape index (κ3) is 8.63. The minimum atomic E-state index is -0.518. The summed E-state index contributed by atoms with van der Waals surface area (Å²) < 4.78 is 0. The fourth-order valence-electron chi connectivity index (χ4n) is 3.76. The maximum absolute atomic E-state index is 3.84. The Balaban J connectivity index is 2.90. The van der Waals surface area contributed by atoms with Crippen LogP contribution in [0.3, 0.4) is 0 Å². The Morgan fingerprint density at radius 3 is 1.54 bits per heavy atom. The Morgan fingerprint density at radius 1 is 0.667 bits per heavy atom. The number of benzene rings is 1. The van der Waals surface area contributed by atoms with Crippen molar-refractivity contribution in [3.05, 3.63) is 35.9 Å². The Kier molecular flexibility index (Phi) is 11.5. The average molecular weight is 325 g/mol. The highest BCUT2D eigenvalue weighted by atomic mass is 14.0. The normalized spacial score (nSPS) is 11.1. The van der Waals surface area contributed by atoms with Crippen LogP contribution in [-0.2, 0) is 0 Å². The van der Waals surface area contributed by atoms with Crippen LogP contribution >= 0.6 is 0 Å². The van der Waals surface area contributed by atoms with Gasteiger partial charge < -0.3 is 5.82 Å². The lowest BCUT2D eigenvalue weighted by Crippen LogP contribution is -2.32. The largest absolute Gasteiger partial charge is 0.309 e. The molecule has 0 bridgehead atoms. The van der Waals surface area contributed by atoms with Crippen LogP contribution in [-0.4, -0.2) is 6.15 Å². The predicted molar refractivity (Wildman–Crippen MR) is 112 cm³/mol. The molecule has 1 heteroatoms. The number of rotatable bonds is 12. The molecule has 0 fully saturated rings. The van der Waals surface area contributed by atoms with Crippen LogP contribution in [0.1, 0.15) is 84.1 Å².